The summed E-state index contributed by atoms with van der Waals surface area (Å²) in [5.74, 6) is -1.41. The summed E-state index contributed by atoms with van der Waals surface area (Å²) in [5, 5.41) is 9.81. The van der Waals surface area contributed by atoms with Crippen molar-refractivity contribution >= 4 is 23.5 Å². The van der Waals surface area contributed by atoms with Gasteiger partial charge in [-0.3, -0.25) is 14.3 Å². The third-order valence-electron chi connectivity index (χ3n) is 5.51. The number of aromatic amines is 1. The van der Waals surface area contributed by atoms with Crippen LogP contribution < -0.4 is 11.2 Å². The maximum Gasteiger partial charge on any atom is 0.338 e. The molecule has 182 valence electrons. The number of rotatable bonds is 7. The van der Waals surface area contributed by atoms with E-state index in [-0.39, 0.29) is 11.1 Å². The fourth-order valence-corrected chi connectivity index (χ4v) is 4.03. The molecule has 2 N–H and O–H groups in total. The van der Waals surface area contributed by atoms with Crippen LogP contribution in [0.4, 0.5) is 0 Å². The van der Waals surface area contributed by atoms with Crippen LogP contribution in [-0.2, 0) is 14.2 Å². The van der Waals surface area contributed by atoms with Crippen LogP contribution in [0.2, 0.25) is 0 Å². The van der Waals surface area contributed by atoms with Crippen molar-refractivity contribution in [3.63, 3.8) is 0 Å². The Bertz CT molecular complexity index is 1250. The van der Waals surface area contributed by atoms with E-state index in [0.717, 1.165) is 16.8 Å². The number of benzene rings is 2. The van der Waals surface area contributed by atoms with Gasteiger partial charge < -0.3 is 19.3 Å². The lowest BCUT2D eigenvalue weighted by Crippen LogP contribution is -2.50. The van der Waals surface area contributed by atoms with Crippen LogP contribution in [-0.4, -0.2) is 56.9 Å². The lowest BCUT2D eigenvalue weighted by atomic mass is 9.98. The van der Waals surface area contributed by atoms with E-state index < -0.39 is 59.7 Å². The second-order valence-electron chi connectivity index (χ2n) is 7.86. The summed E-state index contributed by atoms with van der Waals surface area (Å²) in [4.78, 5) is 50.9. The van der Waals surface area contributed by atoms with E-state index in [1.54, 1.807) is 60.7 Å². The number of aliphatic hydroxyl groups is 1. The molecule has 0 saturated carbocycles. The van der Waals surface area contributed by atoms with Crippen LogP contribution in [0.5, 0.6) is 0 Å². The molecular formula is C24H21ClN2O8. The van der Waals surface area contributed by atoms with Crippen molar-refractivity contribution in [3.8, 4) is 0 Å². The minimum Gasteiger partial charge on any atom is -0.459 e. The second kappa shape index (κ2) is 10.3. The molecule has 2 aromatic carbocycles. The van der Waals surface area contributed by atoms with Gasteiger partial charge in [0.15, 0.2) is 11.8 Å². The van der Waals surface area contributed by atoms with Crippen molar-refractivity contribution in [1.29, 1.82) is 0 Å². The van der Waals surface area contributed by atoms with Gasteiger partial charge >= 0.3 is 17.6 Å². The smallest absolute Gasteiger partial charge is 0.338 e. The Morgan fingerprint density at radius 2 is 1.46 bits per heavy atom. The van der Waals surface area contributed by atoms with Crippen LogP contribution in [0.25, 0.3) is 0 Å². The number of hydrogen-bond acceptors (Lipinski definition) is 8. The standard InChI is InChI=1S/C24H21ClN2O8/c25-18-19(29)24(13-33-21(30)15-7-3-1-4-8-15,14-34-22(31)16-9-5-2-6-10-16)35-20(18)27-12-11-17(28)26-23(27)32/h1-12,18-20,29H,13-14H2,(H,26,28,32)/t18-,19+,20?/m1/s1. The Morgan fingerprint density at radius 1 is 0.943 bits per heavy atom. The molecule has 2 heterocycles. The molecule has 0 amide bonds. The van der Waals surface area contributed by atoms with Crippen molar-refractivity contribution in [2.75, 3.05) is 13.2 Å². The first-order valence-electron chi connectivity index (χ1n) is 10.6. The van der Waals surface area contributed by atoms with E-state index in [0.29, 0.717) is 0 Å². The van der Waals surface area contributed by atoms with Gasteiger partial charge in [0.2, 0.25) is 0 Å². The van der Waals surface area contributed by atoms with E-state index in [1.807, 2.05) is 0 Å². The maximum absolute atomic E-state index is 12.5. The van der Waals surface area contributed by atoms with E-state index in [1.165, 1.54) is 0 Å². The summed E-state index contributed by atoms with van der Waals surface area (Å²) >= 11 is 6.42. The normalized spacial score (nSPS) is 20.8. The number of alkyl halides is 1. The molecule has 1 aliphatic rings. The Labute approximate surface area is 203 Å². The van der Waals surface area contributed by atoms with Crippen LogP contribution in [0.15, 0.2) is 82.5 Å². The lowest BCUT2D eigenvalue weighted by Gasteiger charge is -2.31. The van der Waals surface area contributed by atoms with E-state index in [9.17, 15) is 24.3 Å². The molecule has 10 nitrogen and oxygen atoms in total. The Kier molecular flexibility index (Phi) is 7.15. The Hall–Kier alpha value is -3.73. The highest BCUT2D eigenvalue weighted by Crippen LogP contribution is 2.40. The van der Waals surface area contributed by atoms with Crippen molar-refractivity contribution < 1.29 is 28.9 Å². The van der Waals surface area contributed by atoms with Gasteiger partial charge in [0.05, 0.1) is 11.1 Å². The Balaban J connectivity index is 1.61. The molecule has 3 atom stereocenters. The number of esters is 2. The molecule has 0 spiro atoms. The molecule has 35 heavy (non-hydrogen) atoms. The van der Waals surface area contributed by atoms with E-state index in [4.69, 9.17) is 25.8 Å². The van der Waals surface area contributed by atoms with Crippen LogP contribution in [0.1, 0.15) is 26.9 Å². The quantitative estimate of drug-likeness (QED) is 0.368. The third kappa shape index (κ3) is 5.19. The molecule has 0 radical (unpaired) electrons. The number of aromatic nitrogens is 2. The molecular weight excluding hydrogens is 480 g/mol. The zero-order valence-corrected chi connectivity index (χ0v) is 19.0. The SMILES string of the molecule is O=C(OCC1(COC(=O)c2ccccc2)OC(n2ccc(=O)[nH]c2=O)[C@H](Cl)[C@@H]1O)c1ccccc1. The van der Waals surface area contributed by atoms with Gasteiger partial charge in [-0.25, -0.2) is 14.4 Å². The van der Waals surface area contributed by atoms with Gasteiger partial charge in [0, 0.05) is 12.3 Å². The summed E-state index contributed by atoms with van der Waals surface area (Å²) in [6, 6.07) is 17.4. The van der Waals surface area contributed by atoms with Crippen molar-refractivity contribution in [1.82, 2.24) is 9.55 Å². The number of aliphatic hydroxyl groups excluding tert-OH is 1. The zero-order chi connectivity index (χ0) is 25.0. The van der Waals surface area contributed by atoms with Gasteiger partial charge in [-0.15, -0.1) is 11.6 Å². The number of nitrogens with one attached hydrogen (secondary N) is 1. The van der Waals surface area contributed by atoms with Crippen LogP contribution >= 0.6 is 11.6 Å². The van der Waals surface area contributed by atoms with Gasteiger partial charge in [-0.05, 0) is 24.3 Å². The van der Waals surface area contributed by atoms with Crippen molar-refractivity contribution in [2.24, 2.45) is 0 Å². The van der Waals surface area contributed by atoms with Gasteiger partial charge in [-0.1, -0.05) is 36.4 Å². The molecule has 1 aliphatic heterocycles. The highest BCUT2D eigenvalue weighted by Gasteiger charge is 2.57. The molecule has 0 aliphatic carbocycles. The lowest BCUT2D eigenvalue weighted by molar-refractivity contribution is -0.153. The topological polar surface area (TPSA) is 137 Å². The largest absolute Gasteiger partial charge is 0.459 e. The molecule has 11 heteroatoms. The highest BCUT2D eigenvalue weighted by molar-refractivity contribution is 6.21. The number of carbonyl (C=O) groups excluding carboxylic acids is 2. The average molecular weight is 501 g/mol. The number of H-pyrrole nitrogens is 1. The van der Waals surface area contributed by atoms with Gasteiger partial charge in [-0.2, -0.15) is 0 Å². The molecule has 0 bridgehead atoms. The van der Waals surface area contributed by atoms with Crippen molar-refractivity contribution in [3.05, 3.63) is 105 Å². The summed E-state index contributed by atoms with van der Waals surface area (Å²) in [6.45, 7) is -1.08. The third-order valence-corrected chi connectivity index (χ3v) is 5.96. The molecule has 1 fully saturated rings. The molecule has 3 aromatic rings. The Morgan fingerprint density at radius 3 is 1.94 bits per heavy atom. The number of halogens is 1. The van der Waals surface area contributed by atoms with Gasteiger partial charge in [0.25, 0.3) is 5.56 Å². The minimum atomic E-state index is -1.80. The van der Waals surface area contributed by atoms with Crippen LogP contribution in [0.3, 0.4) is 0 Å². The first-order chi connectivity index (χ1) is 16.8. The minimum absolute atomic E-state index is 0.257. The van der Waals surface area contributed by atoms with E-state index >= 15 is 0 Å². The monoisotopic (exact) mass is 500 g/mol. The molecule has 1 saturated heterocycles. The number of nitrogens with zero attached hydrogens (tertiary/aromatic N) is 1. The van der Waals surface area contributed by atoms with Crippen molar-refractivity contribution in [2.45, 2.75) is 23.3 Å². The predicted octanol–water partition coefficient (Wildman–Crippen LogP) is 1.49. The zero-order valence-electron chi connectivity index (χ0n) is 18.2. The molecule has 1 aromatic heterocycles. The molecule has 4 rings (SSSR count). The van der Waals surface area contributed by atoms with Crippen LogP contribution in [0, 0.1) is 0 Å². The summed E-state index contributed by atoms with van der Waals surface area (Å²) in [5.41, 5.74) is -2.74. The van der Waals surface area contributed by atoms with Gasteiger partial charge in [0.1, 0.15) is 24.7 Å². The predicted molar refractivity (Wildman–Crippen MR) is 123 cm³/mol. The summed E-state index contributed by atoms with van der Waals surface area (Å²) in [6.07, 6.45) is -1.63. The number of ether oxygens (including phenoxy) is 3. The first kappa shape index (κ1) is 24.4. The first-order valence-corrected chi connectivity index (χ1v) is 11.0. The fourth-order valence-electron chi connectivity index (χ4n) is 3.63. The highest BCUT2D eigenvalue weighted by atomic mass is 35.5. The summed E-state index contributed by atoms with van der Waals surface area (Å²) in [7, 11) is 0. The van der Waals surface area contributed by atoms with E-state index in [2.05, 4.69) is 4.98 Å². The second-order valence-corrected chi connectivity index (χ2v) is 8.37. The maximum atomic E-state index is 12.5. The summed E-state index contributed by atoms with van der Waals surface area (Å²) < 4.78 is 17.7. The number of carbonyl (C=O) groups is 2. The fraction of sp³-hybridized carbons (Fsp3) is 0.250. The molecule has 1 unspecified atom stereocenters. The average Bonchev–Trinajstić information content (AvgIpc) is 3.12. The number of hydrogen-bond donors (Lipinski definition) is 2.